The minimum Gasteiger partial charge on any atom is -0.459 e. The Balaban J connectivity index is 1.49. The maximum Gasteiger partial charge on any atom is 0.338 e. The van der Waals surface area contributed by atoms with Crippen LogP contribution in [-0.4, -0.2) is 23.9 Å². The third kappa shape index (κ3) is 2.96. The monoisotopic (exact) mass is 341 g/mol. The maximum absolute atomic E-state index is 12.6. The van der Waals surface area contributed by atoms with Crippen LogP contribution in [0.1, 0.15) is 61.7 Å². The molecule has 1 aromatic carbocycles. The van der Waals surface area contributed by atoms with Crippen LogP contribution in [0.5, 0.6) is 0 Å². The van der Waals surface area contributed by atoms with Gasteiger partial charge >= 0.3 is 5.97 Å². The van der Waals surface area contributed by atoms with Crippen LogP contribution in [0.25, 0.3) is 0 Å². The van der Waals surface area contributed by atoms with E-state index in [4.69, 9.17) is 4.74 Å². The Hall–Kier alpha value is -2.17. The predicted octanol–water partition coefficient (Wildman–Crippen LogP) is 3.47. The van der Waals surface area contributed by atoms with Crippen LogP contribution < -0.4 is 4.90 Å². The van der Waals surface area contributed by atoms with E-state index < -0.39 is 0 Å². The van der Waals surface area contributed by atoms with Gasteiger partial charge in [-0.05, 0) is 62.8 Å². The average molecular weight is 341 g/mol. The highest BCUT2D eigenvalue weighted by Crippen LogP contribution is 2.40. The lowest BCUT2D eigenvalue weighted by Gasteiger charge is -2.19. The molecule has 3 fully saturated rings. The average Bonchev–Trinajstić information content (AvgIpc) is 3.23. The van der Waals surface area contributed by atoms with Crippen LogP contribution in [0.15, 0.2) is 24.3 Å². The molecule has 1 aromatic rings. The van der Waals surface area contributed by atoms with Crippen LogP contribution >= 0.6 is 0 Å². The number of amides is 2. The second-order valence-electron chi connectivity index (χ2n) is 7.37. The fourth-order valence-electron chi connectivity index (χ4n) is 4.39. The van der Waals surface area contributed by atoms with Crippen molar-refractivity contribution in [3.63, 3.8) is 0 Å². The summed E-state index contributed by atoms with van der Waals surface area (Å²) < 4.78 is 5.50. The lowest BCUT2D eigenvalue weighted by Crippen LogP contribution is -2.30. The van der Waals surface area contributed by atoms with Crippen molar-refractivity contribution in [2.24, 2.45) is 11.8 Å². The summed E-state index contributed by atoms with van der Waals surface area (Å²) in [7, 11) is 0. The van der Waals surface area contributed by atoms with E-state index in [2.05, 4.69) is 0 Å². The molecule has 5 nitrogen and oxygen atoms in total. The van der Waals surface area contributed by atoms with Crippen LogP contribution in [0.3, 0.4) is 0 Å². The minimum atomic E-state index is -0.328. The van der Waals surface area contributed by atoms with Crippen molar-refractivity contribution in [1.29, 1.82) is 0 Å². The van der Waals surface area contributed by atoms with Gasteiger partial charge in [-0.1, -0.05) is 12.8 Å². The summed E-state index contributed by atoms with van der Waals surface area (Å²) in [5.41, 5.74) is 1.02. The molecule has 0 N–H and O–H groups in total. The number of benzene rings is 1. The van der Waals surface area contributed by atoms with E-state index in [0.29, 0.717) is 11.3 Å². The van der Waals surface area contributed by atoms with Gasteiger partial charge in [0, 0.05) is 0 Å². The van der Waals surface area contributed by atoms with Gasteiger partial charge in [0.1, 0.15) is 6.10 Å². The Morgan fingerprint density at radius 1 is 0.840 bits per heavy atom. The van der Waals surface area contributed by atoms with E-state index in [1.54, 1.807) is 24.3 Å². The maximum atomic E-state index is 12.6. The molecule has 0 radical (unpaired) electrons. The van der Waals surface area contributed by atoms with Gasteiger partial charge in [0.15, 0.2) is 0 Å². The standard InChI is InChI=1S/C20H23NO4/c22-18-16-7-3-4-8-17(16)19(23)21(18)14-11-9-13(10-12-14)20(24)25-15-5-1-2-6-15/h9-12,15-17H,1-8H2/t16-,17-/m1/s1. The number of esters is 1. The smallest absolute Gasteiger partial charge is 0.338 e. The lowest BCUT2D eigenvalue weighted by molar-refractivity contribution is -0.122. The van der Waals surface area contributed by atoms with Gasteiger partial charge in [0.05, 0.1) is 23.1 Å². The Morgan fingerprint density at radius 3 is 1.92 bits per heavy atom. The minimum absolute atomic E-state index is 0.0250. The summed E-state index contributed by atoms with van der Waals surface area (Å²) in [6.45, 7) is 0. The molecule has 2 amide bonds. The number of carbonyl (C=O) groups is 3. The number of hydrogen-bond acceptors (Lipinski definition) is 4. The van der Waals surface area contributed by atoms with E-state index >= 15 is 0 Å². The topological polar surface area (TPSA) is 63.7 Å². The first-order chi connectivity index (χ1) is 12.1. The Bertz CT molecular complexity index is 666. The van der Waals surface area contributed by atoms with E-state index in [1.165, 1.54) is 4.90 Å². The molecule has 0 unspecified atom stereocenters. The number of rotatable bonds is 3. The van der Waals surface area contributed by atoms with Gasteiger partial charge in [0.25, 0.3) is 0 Å². The summed E-state index contributed by atoms with van der Waals surface area (Å²) in [5, 5.41) is 0. The molecule has 25 heavy (non-hydrogen) atoms. The first-order valence-electron chi connectivity index (χ1n) is 9.34. The van der Waals surface area contributed by atoms with Crippen molar-refractivity contribution < 1.29 is 19.1 Å². The third-order valence-corrected chi connectivity index (χ3v) is 5.78. The summed E-state index contributed by atoms with van der Waals surface area (Å²) in [5.74, 6) is -0.820. The molecule has 5 heteroatoms. The molecule has 2 saturated carbocycles. The number of imide groups is 1. The van der Waals surface area contributed by atoms with Gasteiger partial charge in [-0.2, -0.15) is 0 Å². The lowest BCUT2D eigenvalue weighted by atomic mass is 9.81. The van der Waals surface area contributed by atoms with Crippen LogP contribution in [0.4, 0.5) is 5.69 Å². The second kappa shape index (κ2) is 6.62. The molecule has 0 aromatic heterocycles. The predicted molar refractivity (Wildman–Crippen MR) is 92.1 cm³/mol. The number of ether oxygens (including phenoxy) is 1. The highest BCUT2D eigenvalue weighted by atomic mass is 16.5. The van der Waals surface area contributed by atoms with E-state index in [-0.39, 0.29) is 35.7 Å². The number of carbonyl (C=O) groups excluding carboxylic acids is 3. The Kier molecular flexibility index (Phi) is 4.32. The fourth-order valence-corrected chi connectivity index (χ4v) is 4.39. The number of hydrogen-bond donors (Lipinski definition) is 0. The van der Waals surface area contributed by atoms with Crippen LogP contribution in [-0.2, 0) is 14.3 Å². The third-order valence-electron chi connectivity index (χ3n) is 5.78. The zero-order chi connectivity index (χ0) is 17.4. The van der Waals surface area contributed by atoms with E-state index in [9.17, 15) is 14.4 Å². The molecule has 1 heterocycles. The fraction of sp³-hybridized carbons (Fsp3) is 0.550. The molecule has 2 aliphatic carbocycles. The molecule has 132 valence electrons. The van der Waals surface area contributed by atoms with Crippen molar-refractivity contribution in [1.82, 2.24) is 0 Å². The highest BCUT2D eigenvalue weighted by Gasteiger charge is 2.48. The summed E-state index contributed by atoms with van der Waals surface area (Å²) in [4.78, 5) is 38.7. The molecule has 0 spiro atoms. The Morgan fingerprint density at radius 2 is 1.36 bits per heavy atom. The van der Waals surface area contributed by atoms with Crippen molar-refractivity contribution in [2.75, 3.05) is 4.90 Å². The zero-order valence-electron chi connectivity index (χ0n) is 14.3. The van der Waals surface area contributed by atoms with Crippen LogP contribution in [0, 0.1) is 11.8 Å². The first kappa shape index (κ1) is 16.3. The van der Waals surface area contributed by atoms with Crippen molar-refractivity contribution in [2.45, 2.75) is 57.5 Å². The molecule has 0 bridgehead atoms. The van der Waals surface area contributed by atoms with Crippen molar-refractivity contribution >= 4 is 23.5 Å². The largest absolute Gasteiger partial charge is 0.459 e. The van der Waals surface area contributed by atoms with Gasteiger partial charge in [0.2, 0.25) is 11.8 Å². The number of anilines is 1. The second-order valence-corrected chi connectivity index (χ2v) is 7.37. The normalized spacial score (nSPS) is 26.8. The SMILES string of the molecule is O=C(OC1CCCC1)c1ccc(N2C(=O)[C@@H]3CCCC[C@H]3C2=O)cc1. The van der Waals surface area contributed by atoms with Gasteiger partial charge < -0.3 is 4.74 Å². The summed E-state index contributed by atoms with van der Waals surface area (Å²) >= 11 is 0. The summed E-state index contributed by atoms with van der Waals surface area (Å²) in [6.07, 6.45) is 7.75. The molecule has 3 aliphatic rings. The van der Waals surface area contributed by atoms with Gasteiger partial charge in [-0.25, -0.2) is 4.79 Å². The molecule has 1 aliphatic heterocycles. The number of nitrogens with zero attached hydrogens (tertiary/aromatic N) is 1. The molecule has 2 atom stereocenters. The van der Waals surface area contributed by atoms with Crippen molar-refractivity contribution in [3.8, 4) is 0 Å². The quantitative estimate of drug-likeness (QED) is 0.624. The van der Waals surface area contributed by atoms with Gasteiger partial charge in [-0.3, -0.25) is 14.5 Å². The highest BCUT2D eigenvalue weighted by molar-refractivity contribution is 6.22. The summed E-state index contributed by atoms with van der Waals surface area (Å²) in [6, 6.07) is 6.65. The zero-order valence-corrected chi connectivity index (χ0v) is 14.3. The van der Waals surface area contributed by atoms with E-state index in [1.807, 2.05) is 0 Å². The number of fused-ring (bicyclic) bond motifs is 1. The van der Waals surface area contributed by atoms with Crippen molar-refractivity contribution in [3.05, 3.63) is 29.8 Å². The molecule has 4 rings (SSSR count). The van der Waals surface area contributed by atoms with E-state index in [0.717, 1.165) is 51.4 Å². The Labute approximate surface area is 147 Å². The molecular weight excluding hydrogens is 318 g/mol. The molecule has 1 saturated heterocycles. The van der Waals surface area contributed by atoms with Gasteiger partial charge in [-0.15, -0.1) is 0 Å². The molecular formula is C20H23NO4. The first-order valence-corrected chi connectivity index (χ1v) is 9.34. The van der Waals surface area contributed by atoms with Crippen LogP contribution in [0.2, 0.25) is 0 Å².